The van der Waals surface area contributed by atoms with Crippen LogP contribution in [0.1, 0.15) is 22.5 Å². The zero-order valence-corrected chi connectivity index (χ0v) is 11.4. The third kappa shape index (κ3) is 2.79. The third-order valence-corrected chi connectivity index (χ3v) is 3.17. The molecule has 0 aliphatic carbocycles. The van der Waals surface area contributed by atoms with Crippen molar-refractivity contribution < 1.29 is 4.52 Å². The number of hydrogen-bond acceptors (Lipinski definition) is 5. The molecule has 0 aliphatic rings. The Labute approximate surface area is 121 Å². The van der Waals surface area contributed by atoms with Gasteiger partial charge in [0.2, 0.25) is 0 Å². The van der Waals surface area contributed by atoms with Crippen molar-refractivity contribution in [2.45, 2.75) is 13.3 Å². The van der Waals surface area contributed by atoms with Crippen LogP contribution in [-0.2, 0) is 6.42 Å². The van der Waals surface area contributed by atoms with E-state index in [4.69, 9.17) is 9.78 Å². The standard InChI is InChI=1S/C16H12N4O/c1-11-8-13(10-17)2-3-14(11)16-19-15(20-21-16)9-12-4-6-18-7-5-12/h2-8H,9H2,1H3. The van der Waals surface area contributed by atoms with E-state index in [9.17, 15) is 0 Å². The van der Waals surface area contributed by atoms with Crippen molar-refractivity contribution in [1.29, 1.82) is 5.26 Å². The van der Waals surface area contributed by atoms with Gasteiger partial charge in [0.25, 0.3) is 5.89 Å². The van der Waals surface area contributed by atoms with E-state index < -0.39 is 0 Å². The van der Waals surface area contributed by atoms with E-state index in [-0.39, 0.29) is 0 Å². The van der Waals surface area contributed by atoms with Crippen LogP contribution in [0.25, 0.3) is 11.5 Å². The van der Waals surface area contributed by atoms with Crippen molar-refractivity contribution in [3.8, 4) is 17.5 Å². The summed E-state index contributed by atoms with van der Waals surface area (Å²) in [7, 11) is 0. The molecule has 0 saturated heterocycles. The Bertz CT molecular complexity index is 803. The lowest BCUT2D eigenvalue weighted by Gasteiger charge is -2.00. The molecule has 0 saturated carbocycles. The predicted molar refractivity (Wildman–Crippen MR) is 76.2 cm³/mol. The Morgan fingerprint density at radius 1 is 1.19 bits per heavy atom. The highest BCUT2D eigenvalue weighted by atomic mass is 16.5. The normalized spacial score (nSPS) is 10.3. The highest BCUT2D eigenvalue weighted by molar-refractivity contribution is 5.60. The maximum atomic E-state index is 8.89. The first kappa shape index (κ1) is 13.0. The van der Waals surface area contributed by atoms with Crippen molar-refractivity contribution in [2.24, 2.45) is 0 Å². The zero-order valence-electron chi connectivity index (χ0n) is 11.4. The highest BCUT2D eigenvalue weighted by Crippen LogP contribution is 2.23. The van der Waals surface area contributed by atoms with E-state index in [1.54, 1.807) is 18.5 Å². The molecule has 0 radical (unpaired) electrons. The predicted octanol–water partition coefficient (Wildman–Crippen LogP) is 2.90. The smallest absolute Gasteiger partial charge is 0.258 e. The number of aromatic nitrogens is 3. The number of nitrogens with zero attached hydrogens (tertiary/aromatic N) is 4. The summed E-state index contributed by atoms with van der Waals surface area (Å²) in [6, 6.07) is 11.3. The molecule has 3 rings (SSSR count). The molecule has 0 aliphatic heterocycles. The van der Waals surface area contributed by atoms with Gasteiger partial charge in [-0.3, -0.25) is 4.98 Å². The van der Waals surface area contributed by atoms with Crippen LogP contribution < -0.4 is 0 Å². The molecular formula is C16H12N4O. The average molecular weight is 276 g/mol. The monoisotopic (exact) mass is 276 g/mol. The van der Waals surface area contributed by atoms with Crippen LogP contribution in [-0.4, -0.2) is 15.1 Å². The molecule has 2 aromatic heterocycles. The van der Waals surface area contributed by atoms with Gasteiger partial charge in [0.15, 0.2) is 5.82 Å². The molecule has 3 aromatic rings. The van der Waals surface area contributed by atoms with Gasteiger partial charge in [0.05, 0.1) is 11.6 Å². The molecule has 102 valence electrons. The largest absolute Gasteiger partial charge is 0.334 e. The second kappa shape index (κ2) is 5.55. The second-order valence-corrected chi connectivity index (χ2v) is 4.69. The molecule has 5 nitrogen and oxygen atoms in total. The molecule has 5 heteroatoms. The van der Waals surface area contributed by atoms with E-state index >= 15 is 0 Å². The Morgan fingerprint density at radius 2 is 2.00 bits per heavy atom. The summed E-state index contributed by atoms with van der Waals surface area (Å²) in [6.45, 7) is 1.92. The Kier molecular flexibility index (Phi) is 3.44. The van der Waals surface area contributed by atoms with Crippen LogP contribution in [0.2, 0.25) is 0 Å². The lowest BCUT2D eigenvalue weighted by atomic mass is 10.1. The Hall–Kier alpha value is -3.00. The summed E-state index contributed by atoms with van der Waals surface area (Å²) in [5, 5.41) is 12.9. The van der Waals surface area contributed by atoms with Crippen LogP contribution >= 0.6 is 0 Å². The number of nitriles is 1. The quantitative estimate of drug-likeness (QED) is 0.735. The Morgan fingerprint density at radius 3 is 2.71 bits per heavy atom. The molecule has 0 bridgehead atoms. The minimum Gasteiger partial charge on any atom is -0.334 e. The number of benzene rings is 1. The van der Waals surface area contributed by atoms with Crippen LogP contribution in [0.5, 0.6) is 0 Å². The molecule has 0 amide bonds. The minimum atomic E-state index is 0.473. The first-order chi connectivity index (χ1) is 10.3. The summed E-state index contributed by atoms with van der Waals surface area (Å²) in [4.78, 5) is 8.39. The van der Waals surface area contributed by atoms with Crippen molar-refractivity contribution in [2.75, 3.05) is 0 Å². The first-order valence-electron chi connectivity index (χ1n) is 6.49. The molecule has 0 spiro atoms. The molecule has 0 N–H and O–H groups in total. The lowest BCUT2D eigenvalue weighted by Crippen LogP contribution is -1.91. The van der Waals surface area contributed by atoms with E-state index in [1.165, 1.54) is 0 Å². The number of hydrogen-bond donors (Lipinski definition) is 0. The fourth-order valence-corrected chi connectivity index (χ4v) is 2.09. The fraction of sp³-hybridized carbons (Fsp3) is 0.125. The van der Waals surface area contributed by atoms with Crippen LogP contribution in [0.3, 0.4) is 0 Å². The summed E-state index contributed by atoms with van der Waals surface area (Å²) in [6.07, 6.45) is 4.07. The second-order valence-electron chi connectivity index (χ2n) is 4.69. The van der Waals surface area contributed by atoms with E-state index in [2.05, 4.69) is 21.2 Å². The summed E-state index contributed by atoms with van der Waals surface area (Å²) >= 11 is 0. The number of pyridine rings is 1. The molecule has 0 fully saturated rings. The van der Waals surface area contributed by atoms with Crippen LogP contribution in [0.15, 0.2) is 47.2 Å². The highest BCUT2D eigenvalue weighted by Gasteiger charge is 2.12. The lowest BCUT2D eigenvalue weighted by molar-refractivity contribution is 0.423. The summed E-state index contributed by atoms with van der Waals surface area (Å²) in [5.41, 5.74) is 3.48. The zero-order chi connectivity index (χ0) is 14.7. The van der Waals surface area contributed by atoms with Crippen molar-refractivity contribution in [3.05, 3.63) is 65.2 Å². The molecule has 0 unspecified atom stereocenters. The van der Waals surface area contributed by atoms with Gasteiger partial charge in [-0.25, -0.2) is 0 Å². The van der Waals surface area contributed by atoms with Crippen LogP contribution in [0.4, 0.5) is 0 Å². The molecule has 21 heavy (non-hydrogen) atoms. The fourth-order valence-electron chi connectivity index (χ4n) is 2.09. The molecule has 1 aromatic carbocycles. The van der Waals surface area contributed by atoms with Gasteiger partial charge in [-0.05, 0) is 48.4 Å². The van der Waals surface area contributed by atoms with Crippen molar-refractivity contribution in [3.63, 3.8) is 0 Å². The maximum Gasteiger partial charge on any atom is 0.258 e. The molecule has 2 heterocycles. The van der Waals surface area contributed by atoms with Gasteiger partial charge < -0.3 is 4.52 Å². The van der Waals surface area contributed by atoms with Crippen molar-refractivity contribution >= 4 is 0 Å². The van der Waals surface area contributed by atoms with Gasteiger partial charge in [0.1, 0.15) is 0 Å². The van der Waals surface area contributed by atoms with E-state index in [1.807, 2.05) is 31.2 Å². The van der Waals surface area contributed by atoms with E-state index in [0.717, 1.165) is 16.7 Å². The topological polar surface area (TPSA) is 75.6 Å². The van der Waals surface area contributed by atoms with Gasteiger partial charge in [-0.2, -0.15) is 10.2 Å². The maximum absolute atomic E-state index is 8.89. The van der Waals surface area contributed by atoms with Crippen LogP contribution in [0, 0.1) is 18.3 Å². The van der Waals surface area contributed by atoms with E-state index in [0.29, 0.717) is 23.7 Å². The molecular weight excluding hydrogens is 264 g/mol. The SMILES string of the molecule is Cc1cc(C#N)ccc1-c1nc(Cc2ccncc2)no1. The summed E-state index contributed by atoms with van der Waals surface area (Å²) < 4.78 is 5.32. The average Bonchev–Trinajstić information content (AvgIpc) is 2.96. The van der Waals surface area contributed by atoms with Gasteiger partial charge in [-0.15, -0.1) is 0 Å². The number of aryl methyl sites for hydroxylation is 1. The summed E-state index contributed by atoms with van der Waals surface area (Å²) in [5.74, 6) is 1.10. The number of rotatable bonds is 3. The first-order valence-corrected chi connectivity index (χ1v) is 6.49. The van der Waals surface area contributed by atoms with Gasteiger partial charge in [0, 0.05) is 24.4 Å². The molecule has 0 atom stereocenters. The minimum absolute atomic E-state index is 0.473. The third-order valence-electron chi connectivity index (χ3n) is 3.17. The van der Waals surface area contributed by atoms with Gasteiger partial charge >= 0.3 is 0 Å². The Balaban J connectivity index is 1.87. The van der Waals surface area contributed by atoms with Crippen molar-refractivity contribution in [1.82, 2.24) is 15.1 Å². The van der Waals surface area contributed by atoms with Gasteiger partial charge in [-0.1, -0.05) is 5.16 Å².